The van der Waals surface area contributed by atoms with Crippen molar-refractivity contribution in [1.29, 1.82) is 0 Å². The van der Waals surface area contributed by atoms with Gasteiger partial charge in [-0.25, -0.2) is 4.79 Å². The van der Waals surface area contributed by atoms with Gasteiger partial charge in [-0.3, -0.25) is 14.6 Å². The maximum Gasteiger partial charge on any atom is 0.337 e. The minimum absolute atomic E-state index is 0.0112. The van der Waals surface area contributed by atoms with Gasteiger partial charge in [0.15, 0.2) is 0 Å². The molecule has 0 saturated carbocycles. The zero-order valence-electron chi connectivity index (χ0n) is 18.4. The summed E-state index contributed by atoms with van der Waals surface area (Å²) in [6.45, 7) is 0. The second kappa shape index (κ2) is 8.35. The van der Waals surface area contributed by atoms with Crippen molar-refractivity contribution in [2.24, 2.45) is 5.73 Å². The first-order valence-electron chi connectivity index (χ1n) is 11.2. The molecule has 0 radical (unpaired) electrons. The maximum absolute atomic E-state index is 13.3. The number of benzene rings is 1. The summed E-state index contributed by atoms with van der Waals surface area (Å²) in [5, 5.41) is 3.58. The maximum atomic E-state index is 13.3. The molecule has 2 amide bonds. The third kappa shape index (κ3) is 3.75. The lowest BCUT2D eigenvalue weighted by atomic mass is 9.95. The number of hydrogen-bond acceptors (Lipinski definition) is 6. The fraction of sp³-hybridized carbons (Fsp3) is 0.360. The number of pyridine rings is 1. The van der Waals surface area contributed by atoms with Crippen LogP contribution >= 0.6 is 0 Å². The summed E-state index contributed by atoms with van der Waals surface area (Å²) in [7, 11) is 1.33. The lowest BCUT2D eigenvalue weighted by Crippen LogP contribution is -2.49. The normalized spacial score (nSPS) is 22.7. The molecule has 1 aromatic heterocycles. The molecule has 170 valence electrons. The van der Waals surface area contributed by atoms with Crippen LogP contribution in [0.2, 0.25) is 0 Å². The molecule has 8 nitrogen and oxygen atoms in total. The Balaban J connectivity index is 1.33. The number of primary amides is 1. The Hall–Kier alpha value is -3.68. The second-order valence-corrected chi connectivity index (χ2v) is 8.86. The Morgan fingerprint density at radius 3 is 2.39 bits per heavy atom. The molecule has 2 atom stereocenters. The van der Waals surface area contributed by atoms with E-state index in [0.717, 1.165) is 49.0 Å². The number of rotatable bonds is 5. The largest absolute Gasteiger partial charge is 0.465 e. The number of fused-ring (bicyclic) bond motifs is 3. The van der Waals surface area contributed by atoms with Gasteiger partial charge >= 0.3 is 5.97 Å². The predicted octanol–water partition coefficient (Wildman–Crippen LogP) is 2.78. The van der Waals surface area contributed by atoms with E-state index in [-0.39, 0.29) is 24.0 Å². The van der Waals surface area contributed by atoms with Crippen molar-refractivity contribution < 1.29 is 19.1 Å². The molecule has 1 aromatic carbocycles. The molecule has 5 rings (SSSR count). The molecule has 1 aliphatic carbocycles. The number of aromatic nitrogens is 1. The van der Waals surface area contributed by atoms with Crippen LogP contribution in [0.5, 0.6) is 0 Å². The number of ether oxygens (including phenoxy) is 1. The molecule has 3 aliphatic rings. The minimum Gasteiger partial charge on any atom is -0.465 e. The van der Waals surface area contributed by atoms with E-state index in [2.05, 4.69) is 10.3 Å². The molecule has 2 aliphatic heterocycles. The SMILES string of the molecule is COC(=O)c1ccc(C(=O)N2[C@H]3CC[C@H]2CC(Nc2c(C(N)=O)cnc4c2C=CC4)C3)cc1. The topological polar surface area (TPSA) is 115 Å². The molecule has 8 heteroatoms. The van der Waals surface area contributed by atoms with E-state index < -0.39 is 11.9 Å². The van der Waals surface area contributed by atoms with Crippen LogP contribution < -0.4 is 11.1 Å². The van der Waals surface area contributed by atoms with E-state index in [1.54, 1.807) is 30.5 Å². The summed E-state index contributed by atoms with van der Waals surface area (Å²) in [4.78, 5) is 43.4. The first kappa shape index (κ1) is 21.2. The Bertz CT molecular complexity index is 1140. The Labute approximate surface area is 191 Å². The van der Waals surface area contributed by atoms with E-state index in [0.29, 0.717) is 16.7 Å². The van der Waals surface area contributed by atoms with Crippen molar-refractivity contribution in [2.75, 3.05) is 12.4 Å². The van der Waals surface area contributed by atoms with Crippen molar-refractivity contribution in [3.05, 3.63) is 64.5 Å². The number of carbonyl (C=O) groups is 3. The van der Waals surface area contributed by atoms with Gasteiger partial charge < -0.3 is 20.7 Å². The fourth-order valence-corrected chi connectivity index (χ4v) is 5.39. The van der Waals surface area contributed by atoms with Crippen molar-refractivity contribution >= 4 is 29.5 Å². The van der Waals surface area contributed by atoms with Crippen molar-refractivity contribution in [1.82, 2.24) is 9.88 Å². The lowest BCUT2D eigenvalue weighted by molar-refractivity contribution is 0.0575. The van der Waals surface area contributed by atoms with Gasteiger partial charge in [0.05, 0.1) is 29.6 Å². The number of allylic oxidation sites excluding steroid dienone is 1. The number of anilines is 1. The van der Waals surface area contributed by atoms with E-state index >= 15 is 0 Å². The molecular formula is C25H26N4O4. The van der Waals surface area contributed by atoms with Gasteiger partial charge in [-0.1, -0.05) is 12.2 Å². The quantitative estimate of drug-likeness (QED) is 0.683. The van der Waals surface area contributed by atoms with Crippen LogP contribution in [0.15, 0.2) is 36.5 Å². The molecule has 3 heterocycles. The highest BCUT2D eigenvalue weighted by molar-refractivity contribution is 6.00. The first-order chi connectivity index (χ1) is 16.0. The number of amides is 2. The highest BCUT2D eigenvalue weighted by Gasteiger charge is 2.43. The van der Waals surface area contributed by atoms with Crippen LogP contribution in [0.4, 0.5) is 5.69 Å². The van der Waals surface area contributed by atoms with E-state index in [4.69, 9.17) is 10.5 Å². The van der Waals surface area contributed by atoms with Gasteiger partial charge in [-0.05, 0) is 49.9 Å². The van der Waals surface area contributed by atoms with E-state index in [1.165, 1.54) is 7.11 Å². The Kier molecular flexibility index (Phi) is 5.36. The number of nitrogens with one attached hydrogen (secondary N) is 1. The molecular weight excluding hydrogens is 420 g/mol. The number of piperidine rings is 1. The smallest absolute Gasteiger partial charge is 0.337 e. The monoisotopic (exact) mass is 446 g/mol. The molecule has 2 aromatic rings. The molecule has 2 saturated heterocycles. The average molecular weight is 447 g/mol. The van der Waals surface area contributed by atoms with Crippen molar-refractivity contribution in [3.63, 3.8) is 0 Å². The molecule has 2 bridgehead atoms. The highest BCUT2D eigenvalue weighted by atomic mass is 16.5. The summed E-state index contributed by atoms with van der Waals surface area (Å²) >= 11 is 0. The van der Waals surface area contributed by atoms with Crippen LogP contribution in [0.3, 0.4) is 0 Å². The van der Waals surface area contributed by atoms with Gasteiger partial charge in [-0.15, -0.1) is 0 Å². The Morgan fingerprint density at radius 2 is 1.76 bits per heavy atom. The fourth-order valence-electron chi connectivity index (χ4n) is 5.39. The first-order valence-corrected chi connectivity index (χ1v) is 11.2. The summed E-state index contributed by atoms with van der Waals surface area (Å²) in [5.74, 6) is -0.934. The molecule has 0 spiro atoms. The highest BCUT2D eigenvalue weighted by Crippen LogP contribution is 2.39. The summed E-state index contributed by atoms with van der Waals surface area (Å²) in [6, 6.07) is 6.99. The molecule has 0 unspecified atom stereocenters. The van der Waals surface area contributed by atoms with Crippen LogP contribution in [-0.4, -0.2) is 52.9 Å². The standard InChI is InChI=1S/C25H26N4O4/c1-33-25(32)15-7-5-14(6-8-15)24(31)29-17-9-10-18(29)12-16(11-17)28-22-19-3-2-4-21(19)27-13-20(22)23(26)30/h2-3,5-8,13,16-18H,4,9-12H2,1H3,(H2,26,30)(H,27,28)/t17-,18-/m0/s1. The van der Waals surface area contributed by atoms with Gasteiger partial charge in [0.25, 0.3) is 11.8 Å². The Morgan fingerprint density at radius 1 is 1.09 bits per heavy atom. The van der Waals surface area contributed by atoms with E-state index in [9.17, 15) is 14.4 Å². The van der Waals surface area contributed by atoms with Gasteiger partial charge in [-0.2, -0.15) is 0 Å². The minimum atomic E-state index is -0.501. The number of nitrogens with zero attached hydrogens (tertiary/aromatic N) is 2. The third-order valence-corrected chi connectivity index (χ3v) is 6.93. The zero-order chi connectivity index (χ0) is 23.1. The zero-order valence-corrected chi connectivity index (χ0v) is 18.4. The predicted molar refractivity (Wildman–Crippen MR) is 123 cm³/mol. The number of esters is 1. The van der Waals surface area contributed by atoms with Crippen molar-refractivity contribution in [3.8, 4) is 0 Å². The third-order valence-electron chi connectivity index (χ3n) is 6.93. The summed E-state index contributed by atoms with van der Waals surface area (Å²) < 4.78 is 4.73. The summed E-state index contributed by atoms with van der Waals surface area (Å²) in [6.07, 6.45) is 9.81. The van der Waals surface area contributed by atoms with Crippen LogP contribution in [-0.2, 0) is 11.2 Å². The number of hydrogen-bond donors (Lipinski definition) is 2. The molecule has 2 fully saturated rings. The van der Waals surface area contributed by atoms with Crippen LogP contribution in [0.25, 0.3) is 6.08 Å². The van der Waals surface area contributed by atoms with Crippen molar-refractivity contribution in [2.45, 2.75) is 50.2 Å². The lowest BCUT2D eigenvalue weighted by Gasteiger charge is -2.40. The van der Waals surface area contributed by atoms with Crippen LogP contribution in [0, 0.1) is 0 Å². The summed E-state index contributed by atoms with van der Waals surface area (Å²) in [5.41, 5.74) is 9.63. The number of nitrogens with two attached hydrogens (primary N) is 1. The average Bonchev–Trinajstić information content (AvgIpc) is 3.40. The molecule has 3 N–H and O–H groups in total. The number of methoxy groups -OCH3 is 1. The second-order valence-electron chi connectivity index (χ2n) is 8.86. The van der Waals surface area contributed by atoms with Gasteiger partial charge in [0.2, 0.25) is 0 Å². The molecule has 33 heavy (non-hydrogen) atoms. The van der Waals surface area contributed by atoms with E-state index in [1.807, 2.05) is 17.1 Å². The number of carbonyl (C=O) groups excluding carboxylic acids is 3. The van der Waals surface area contributed by atoms with Gasteiger partial charge in [0, 0.05) is 41.9 Å². The van der Waals surface area contributed by atoms with Gasteiger partial charge in [0.1, 0.15) is 0 Å². The van der Waals surface area contributed by atoms with Crippen LogP contribution in [0.1, 0.15) is 68.0 Å².